The molecule has 1 fully saturated rings. The van der Waals surface area contributed by atoms with Crippen LogP contribution < -0.4 is 10.5 Å². The van der Waals surface area contributed by atoms with Crippen LogP contribution in [0, 0.1) is 12.8 Å². The minimum absolute atomic E-state index is 0.0937. The van der Waals surface area contributed by atoms with Crippen molar-refractivity contribution in [3.05, 3.63) is 28.8 Å². The number of aryl methyl sites for hydroxylation is 1. The lowest BCUT2D eigenvalue weighted by Crippen LogP contribution is -2.19. The fraction of sp³-hybridized carbons (Fsp3) is 0.647. The molecule has 2 N–H and O–H groups in total. The minimum Gasteiger partial charge on any atom is -0.496 e. The van der Waals surface area contributed by atoms with Gasteiger partial charge in [-0.05, 0) is 66.3 Å². The fourth-order valence-corrected chi connectivity index (χ4v) is 2.92. The molecule has 0 saturated heterocycles. The smallest absolute Gasteiger partial charge is 0.122 e. The maximum atomic E-state index is 6.01. The third-order valence-electron chi connectivity index (χ3n) is 4.24. The van der Waals surface area contributed by atoms with E-state index in [1.807, 2.05) is 0 Å². The summed E-state index contributed by atoms with van der Waals surface area (Å²) in [7, 11) is 1.75. The second kappa shape index (κ2) is 5.16. The Morgan fingerprint density at radius 2 is 1.95 bits per heavy atom. The fourth-order valence-electron chi connectivity index (χ4n) is 2.92. The molecule has 0 heterocycles. The third kappa shape index (κ3) is 2.94. The number of hydrogen-bond acceptors (Lipinski definition) is 2. The van der Waals surface area contributed by atoms with Crippen LogP contribution in [-0.4, -0.2) is 13.7 Å². The van der Waals surface area contributed by atoms with E-state index in [1.54, 1.807) is 7.11 Å². The molecule has 1 saturated carbocycles. The van der Waals surface area contributed by atoms with Crippen molar-refractivity contribution in [3.8, 4) is 5.75 Å². The highest BCUT2D eigenvalue weighted by Crippen LogP contribution is 2.45. The molecule has 19 heavy (non-hydrogen) atoms. The van der Waals surface area contributed by atoms with Crippen LogP contribution in [0.1, 0.15) is 56.2 Å². The van der Waals surface area contributed by atoms with Crippen molar-refractivity contribution in [2.45, 2.75) is 51.9 Å². The summed E-state index contributed by atoms with van der Waals surface area (Å²) in [5, 5.41) is 0. The first-order valence-corrected chi connectivity index (χ1v) is 7.27. The Morgan fingerprint density at radius 3 is 2.37 bits per heavy atom. The van der Waals surface area contributed by atoms with Gasteiger partial charge >= 0.3 is 0 Å². The summed E-state index contributed by atoms with van der Waals surface area (Å²) in [6.07, 6.45) is 2.66. The summed E-state index contributed by atoms with van der Waals surface area (Å²) in [5.74, 6) is 2.32. The average Bonchev–Trinajstić information content (AvgIpc) is 3.14. The molecule has 1 unspecified atom stereocenters. The predicted octanol–water partition coefficient (Wildman–Crippen LogP) is 3.75. The molecular formula is C17H27NO. The number of hydrogen-bond donors (Lipinski definition) is 1. The molecular weight excluding hydrogens is 234 g/mol. The van der Waals surface area contributed by atoms with Crippen LogP contribution in [0.2, 0.25) is 0 Å². The topological polar surface area (TPSA) is 35.2 Å². The van der Waals surface area contributed by atoms with Crippen LogP contribution in [0.4, 0.5) is 0 Å². The van der Waals surface area contributed by atoms with Crippen LogP contribution in [0.15, 0.2) is 12.1 Å². The standard InChI is InChI=1S/C17H27NO/c1-11-8-16(19-5)15(17(2,3)4)9-13(11)14(10-18)12-6-7-12/h8-9,12,14H,6-7,10,18H2,1-5H3. The van der Waals surface area contributed by atoms with Crippen LogP contribution in [0.3, 0.4) is 0 Å². The van der Waals surface area contributed by atoms with Crippen molar-refractivity contribution in [1.29, 1.82) is 0 Å². The molecule has 1 aromatic carbocycles. The van der Waals surface area contributed by atoms with Gasteiger partial charge in [-0.1, -0.05) is 26.8 Å². The lowest BCUT2D eigenvalue weighted by atomic mass is 9.81. The molecule has 0 aliphatic heterocycles. The zero-order chi connectivity index (χ0) is 14.2. The first-order valence-electron chi connectivity index (χ1n) is 7.27. The van der Waals surface area contributed by atoms with Gasteiger partial charge in [-0.25, -0.2) is 0 Å². The molecule has 2 rings (SSSR count). The van der Waals surface area contributed by atoms with Gasteiger partial charge < -0.3 is 10.5 Å². The summed E-state index contributed by atoms with van der Waals surface area (Å²) in [6, 6.07) is 4.52. The van der Waals surface area contributed by atoms with Gasteiger partial charge in [0, 0.05) is 0 Å². The zero-order valence-corrected chi connectivity index (χ0v) is 12.9. The average molecular weight is 261 g/mol. The number of benzene rings is 1. The minimum atomic E-state index is 0.0937. The molecule has 1 aromatic rings. The van der Waals surface area contributed by atoms with Crippen molar-refractivity contribution in [1.82, 2.24) is 0 Å². The van der Waals surface area contributed by atoms with E-state index in [4.69, 9.17) is 10.5 Å². The molecule has 0 bridgehead atoms. The van der Waals surface area contributed by atoms with Gasteiger partial charge in [0.1, 0.15) is 5.75 Å². The Kier molecular flexibility index (Phi) is 3.91. The summed E-state index contributed by atoms with van der Waals surface area (Å²) < 4.78 is 5.57. The molecule has 2 heteroatoms. The molecule has 0 radical (unpaired) electrons. The van der Waals surface area contributed by atoms with E-state index >= 15 is 0 Å². The third-order valence-corrected chi connectivity index (χ3v) is 4.24. The molecule has 1 aliphatic rings. The van der Waals surface area contributed by atoms with Gasteiger partial charge in [0.2, 0.25) is 0 Å². The second-order valence-corrected chi connectivity index (χ2v) is 6.84. The van der Waals surface area contributed by atoms with Gasteiger partial charge in [-0.2, -0.15) is 0 Å². The van der Waals surface area contributed by atoms with Gasteiger partial charge in [0.05, 0.1) is 7.11 Å². The van der Waals surface area contributed by atoms with Gasteiger partial charge in [-0.3, -0.25) is 0 Å². The number of nitrogens with two attached hydrogens (primary N) is 1. The number of ether oxygens (including phenoxy) is 1. The number of rotatable bonds is 4. The van der Waals surface area contributed by atoms with Crippen molar-refractivity contribution < 1.29 is 4.74 Å². The number of methoxy groups -OCH3 is 1. The van der Waals surface area contributed by atoms with Crippen LogP contribution in [0.25, 0.3) is 0 Å². The predicted molar refractivity (Wildman–Crippen MR) is 81.0 cm³/mol. The molecule has 106 valence electrons. The quantitative estimate of drug-likeness (QED) is 0.895. The Labute approximate surface area is 117 Å². The lowest BCUT2D eigenvalue weighted by molar-refractivity contribution is 0.396. The summed E-state index contributed by atoms with van der Waals surface area (Å²) >= 11 is 0. The van der Waals surface area contributed by atoms with E-state index in [0.29, 0.717) is 5.92 Å². The van der Waals surface area contributed by atoms with E-state index < -0.39 is 0 Å². The monoisotopic (exact) mass is 261 g/mol. The van der Waals surface area contributed by atoms with Gasteiger partial charge in [-0.15, -0.1) is 0 Å². The van der Waals surface area contributed by atoms with Gasteiger partial charge in [0.25, 0.3) is 0 Å². The van der Waals surface area contributed by atoms with Gasteiger partial charge in [0.15, 0.2) is 0 Å². The molecule has 1 atom stereocenters. The maximum absolute atomic E-state index is 6.01. The normalized spacial score (nSPS) is 17.4. The first-order chi connectivity index (χ1) is 8.88. The van der Waals surface area contributed by atoms with Crippen molar-refractivity contribution in [2.24, 2.45) is 11.7 Å². The Hall–Kier alpha value is -1.02. The van der Waals surface area contributed by atoms with E-state index in [0.717, 1.165) is 18.2 Å². The highest BCUT2D eigenvalue weighted by Gasteiger charge is 2.33. The second-order valence-electron chi connectivity index (χ2n) is 6.84. The maximum Gasteiger partial charge on any atom is 0.122 e. The highest BCUT2D eigenvalue weighted by atomic mass is 16.5. The summed E-state index contributed by atoms with van der Waals surface area (Å²) in [6.45, 7) is 9.63. The lowest BCUT2D eigenvalue weighted by Gasteiger charge is -2.26. The van der Waals surface area contributed by atoms with Crippen LogP contribution in [0.5, 0.6) is 5.75 Å². The SMILES string of the molecule is COc1cc(C)c(C(CN)C2CC2)cc1C(C)(C)C. The van der Waals surface area contributed by atoms with Crippen LogP contribution >= 0.6 is 0 Å². The van der Waals surface area contributed by atoms with E-state index in [1.165, 1.54) is 29.5 Å². The highest BCUT2D eigenvalue weighted by molar-refractivity contribution is 5.47. The van der Waals surface area contributed by atoms with Crippen molar-refractivity contribution in [2.75, 3.05) is 13.7 Å². The van der Waals surface area contributed by atoms with E-state index in [2.05, 4.69) is 39.8 Å². The van der Waals surface area contributed by atoms with E-state index in [-0.39, 0.29) is 5.41 Å². The summed E-state index contributed by atoms with van der Waals surface area (Å²) in [4.78, 5) is 0. The summed E-state index contributed by atoms with van der Waals surface area (Å²) in [5.41, 5.74) is 10.1. The Balaban J connectivity index is 2.49. The molecule has 0 amide bonds. The van der Waals surface area contributed by atoms with E-state index in [9.17, 15) is 0 Å². The molecule has 0 aromatic heterocycles. The molecule has 2 nitrogen and oxygen atoms in total. The van der Waals surface area contributed by atoms with Crippen LogP contribution in [-0.2, 0) is 5.41 Å². The largest absolute Gasteiger partial charge is 0.496 e. The van der Waals surface area contributed by atoms with Crippen molar-refractivity contribution in [3.63, 3.8) is 0 Å². The zero-order valence-electron chi connectivity index (χ0n) is 12.9. The van der Waals surface area contributed by atoms with Crippen molar-refractivity contribution >= 4 is 0 Å². The Bertz CT molecular complexity index is 455. The Morgan fingerprint density at radius 1 is 1.32 bits per heavy atom. The first kappa shape index (κ1) is 14.4. The molecule has 0 spiro atoms. The molecule has 1 aliphatic carbocycles.